The normalized spacial score (nSPS) is 13.2. The van der Waals surface area contributed by atoms with E-state index in [0.29, 0.717) is 54.2 Å². The van der Waals surface area contributed by atoms with E-state index in [4.69, 9.17) is 19.9 Å². The van der Waals surface area contributed by atoms with E-state index in [-0.39, 0.29) is 22.1 Å². The molecule has 0 aliphatic carbocycles. The van der Waals surface area contributed by atoms with Gasteiger partial charge in [0.15, 0.2) is 5.06 Å². The number of pyridine rings is 1. The summed E-state index contributed by atoms with van der Waals surface area (Å²) < 4.78 is 16.1. The summed E-state index contributed by atoms with van der Waals surface area (Å²) in [5, 5.41) is 13.8. The number of ether oxygens (including phenoxy) is 3. The van der Waals surface area contributed by atoms with Gasteiger partial charge in [0.05, 0.1) is 30.3 Å². The Balaban J connectivity index is 1.67. The minimum atomic E-state index is -1.07. The zero-order chi connectivity index (χ0) is 26.5. The Hall–Kier alpha value is -4.07. The molecule has 0 spiro atoms. The Labute approximate surface area is 216 Å². The zero-order valence-electron chi connectivity index (χ0n) is 20.1. The lowest BCUT2D eigenvalue weighted by molar-refractivity contribution is -0.384. The van der Waals surface area contributed by atoms with Crippen LogP contribution in [-0.4, -0.2) is 60.7 Å². The Morgan fingerprint density at radius 3 is 2.57 bits per heavy atom. The third kappa shape index (κ3) is 6.39. The van der Waals surface area contributed by atoms with Crippen LogP contribution in [0.4, 0.5) is 16.3 Å². The number of amides is 2. The summed E-state index contributed by atoms with van der Waals surface area (Å²) in [5.41, 5.74) is 6.51. The van der Waals surface area contributed by atoms with E-state index in [1.807, 2.05) is 19.0 Å². The number of benzene rings is 1. The molecule has 1 saturated heterocycles. The lowest BCUT2D eigenvalue weighted by Crippen LogP contribution is -2.32. The number of nitro benzene ring substituents is 1. The van der Waals surface area contributed by atoms with Crippen molar-refractivity contribution in [3.8, 4) is 21.4 Å². The van der Waals surface area contributed by atoms with E-state index in [2.05, 4.69) is 10.3 Å². The Morgan fingerprint density at radius 1 is 1.24 bits per heavy atom. The number of carbonyl (C=O) groups excluding carboxylic acids is 2. The maximum Gasteiger partial charge on any atom is 0.410 e. The van der Waals surface area contributed by atoms with Gasteiger partial charge in [-0.1, -0.05) is 17.4 Å². The molecule has 2 aromatic heterocycles. The summed E-state index contributed by atoms with van der Waals surface area (Å²) in [6.45, 7) is 2.05. The molecule has 1 aliphatic heterocycles. The molecular formula is C24H25N5O7S. The minimum Gasteiger partial charge on any atom is -0.477 e. The molecule has 194 valence electrons. The second-order valence-electron chi connectivity index (χ2n) is 8.56. The molecule has 3 heterocycles. The number of hydrogen-bond donors (Lipinski definition) is 2. The first-order valence-electron chi connectivity index (χ1n) is 11.2. The number of nitrogens with one attached hydrogen (secondary N) is 1. The lowest BCUT2D eigenvalue weighted by Gasteiger charge is -2.25. The van der Waals surface area contributed by atoms with Gasteiger partial charge in [-0.25, -0.2) is 4.79 Å². The monoisotopic (exact) mass is 527 g/mol. The number of nitro groups is 1. The van der Waals surface area contributed by atoms with Gasteiger partial charge in [0.25, 0.3) is 11.6 Å². The molecule has 1 aliphatic rings. The van der Waals surface area contributed by atoms with Crippen molar-refractivity contribution in [2.75, 3.05) is 39.2 Å². The average Bonchev–Trinajstić information content (AvgIpc) is 3.14. The highest BCUT2D eigenvalue weighted by Gasteiger charge is 2.28. The van der Waals surface area contributed by atoms with Crippen molar-refractivity contribution >= 4 is 34.8 Å². The van der Waals surface area contributed by atoms with Crippen LogP contribution in [0.25, 0.3) is 10.4 Å². The van der Waals surface area contributed by atoms with Gasteiger partial charge < -0.3 is 30.2 Å². The van der Waals surface area contributed by atoms with Crippen molar-refractivity contribution in [2.45, 2.75) is 6.54 Å². The van der Waals surface area contributed by atoms with Crippen molar-refractivity contribution in [3.63, 3.8) is 0 Å². The molecule has 3 N–H and O–H groups in total. The van der Waals surface area contributed by atoms with Gasteiger partial charge in [-0.05, 0) is 37.9 Å². The van der Waals surface area contributed by atoms with Crippen molar-refractivity contribution in [3.05, 3.63) is 63.7 Å². The molecule has 0 bridgehead atoms. The third-order valence-electron chi connectivity index (χ3n) is 5.35. The van der Waals surface area contributed by atoms with E-state index < -0.39 is 16.9 Å². The molecule has 13 heteroatoms. The first kappa shape index (κ1) is 26.0. The van der Waals surface area contributed by atoms with Crippen LogP contribution < -0.4 is 20.5 Å². The minimum absolute atomic E-state index is 0.00703. The number of hydrogen-bond acceptors (Lipinski definition) is 10. The van der Waals surface area contributed by atoms with E-state index in [9.17, 15) is 19.7 Å². The number of primary amides is 1. The second-order valence-corrected chi connectivity index (χ2v) is 9.55. The fraction of sp³-hybridized carbons (Fsp3) is 0.292. The molecule has 0 saturated carbocycles. The quantitative estimate of drug-likeness (QED) is 0.297. The SMILES string of the molecule is CN(C)Cc1c(-c2ccc([N+](=O)[O-])cc2)sc(OC(N)=O)c1C(=O)Nc1cccc(OCC2COC2)n1. The van der Waals surface area contributed by atoms with Crippen LogP contribution >= 0.6 is 11.3 Å². The van der Waals surface area contributed by atoms with E-state index in [0.717, 1.165) is 11.3 Å². The maximum absolute atomic E-state index is 13.5. The summed E-state index contributed by atoms with van der Waals surface area (Å²) in [5.74, 6) is 0.348. The molecule has 37 heavy (non-hydrogen) atoms. The molecule has 0 radical (unpaired) electrons. The van der Waals surface area contributed by atoms with Crippen molar-refractivity contribution in [1.29, 1.82) is 0 Å². The Kier molecular flexibility index (Phi) is 7.96. The fourth-order valence-corrected chi connectivity index (χ4v) is 4.77. The number of rotatable bonds is 10. The lowest BCUT2D eigenvalue weighted by atomic mass is 10.0. The van der Waals surface area contributed by atoms with Crippen LogP contribution in [0.5, 0.6) is 10.9 Å². The van der Waals surface area contributed by atoms with Crippen molar-refractivity contribution < 1.29 is 28.7 Å². The molecule has 1 fully saturated rings. The Morgan fingerprint density at radius 2 is 1.97 bits per heavy atom. The van der Waals surface area contributed by atoms with Gasteiger partial charge in [0.2, 0.25) is 5.88 Å². The molecule has 0 atom stereocenters. The van der Waals surface area contributed by atoms with Gasteiger partial charge in [-0.3, -0.25) is 14.9 Å². The number of nitrogens with zero attached hydrogens (tertiary/aromatic N) is 3. The zero-order valence-corrected chi connectivity index (χ0v) is 20.9. The van der Waals surface area contributed by atoms with Gasteiger partial charge in [-0.2, -0.15) is 4.98 Å². The summed E-state index contributed by atoms with van der Waals surface area (Å²) in [6, 6.07) is 10.9. The summed E-state index contributed by atoms with van der Waals surface area (Å²) >= 11 is 1.05. The maximum atomic E-state index is 13.5. The van der Waals surface area contributed by atoms with Crippen molar-refractivity contribution in [1.82, 2.24) is 9.88 Å². The largest absolute Gasteiger partial charge is 0.477 e. The van der Waals surface area contributed by atoms with Gasteiger partial charge in [0.1, 0.15) is 5.82 Å². The smallest absolute Gasteiger partial charge is 0.410 e. The molecule has 12 nitrogen and oxygen atoms in total. The Bertz CT molecular complexity index is 1310. The topological polar surface area (TPSA) is 159 Å². The molecule has 0 unspecified atom stereocenters. The standard InChI is InChI=1S/C24H25N5O7S/c1-28(2)10-17-20(22(30)27-18-4-3-5-19(26-18)35-13-14-11-34-12-14)23(36-24(25)31)37-21(17)15-6-8-16(9-7-15)29(32)33/h3-9,14H,10-13H2,1-2H3,(H2,25,31)(H,26,27,30). The van der Waals surface area contributed by atoms with Gasteiger partial charge in [0, 0.05) is 41.1 Å². The molecule has 3 aromatic rings. The van der Waals surface area contributed by atoms with Crippen LogP contribution in [0.2, 0.25) is 0 Å². The molecule has 1 aromatic carbocycles. The predicted molar refractivity (Wildman–Crippen MR) is 136 cm³/mol. The van der Waals surface area contributed by atoms with Crippen LogP contribution in [0.1, 0.15) is 15.9 Å². The van der Waals surface area contributed by atoms with Gasteiger partial charge in [-0.15, -0.1) is 0 Å². The highest BCUT2D eigenvalue weighted by atomic mass is 32.1. The number of anilines is 1. The van der Waals surface area contributed by atoms with E-state index in [1.165, 1.54) is 12.1 Å². The van der Waals surface area contributed by atoms with Crippen molar-refractivity contribution in [2.24, 2.45) is 11.7 Å². The predicted octanol–water partition coefficient (Wildman–Crippen LogP) is 3.51. The average molecular weight is 528 g/mol. The third-order valence-corrected chi connectivity index (χ3v) is 6.51. The highest BCUT2D eigenvalue weighted by molar-refractivity contribution is 7.18. The number of thiophene rings is 1. The van der Waals surface area contributed by atoms with Gasteiger partial charge >= 0.3 is 6.09 Å². The first-order valence-corrected chi connectivity index (χ1v) is 12.0. The van der Waals surface area contributed by atoms with E-state index >= 15 is 0 Å². The highest BCUT2D eigenvalue weighted by Crippen LogP contribution is 2.43. The van der Waals surface area contributed by atoms with Crippen LogP contribution in [-0.2, 0) is 11.3 Å². The number of aromatic nitrogens is 1. The number of carbonyl (C=O) groups is 2. The molecular weight excluding hydrogens is 502 g/mol. The van der Waals surface area contributed by atoms with E-state index in [1.54, 1.807) is 30.3 Å². The second kappa shape index (κ2) is 11.3. The number of nitrogens with two attached hydrogens (primary N) is 1. The number of non-ortho nitro benzene ring substituents is 1. The first-order chi connectivity index (χ1) is 17.7. The summed E-state index contributed by atoms with van der Waals surface area (Å²) in [4.78, 5) is 42.5. The fourth-order valence-electron chi connectivity index (χ4n) is 3.60. The molecule has 2 amide bonds. The summed E-state index contributed by atoms with van der Waals surface area (Å²) in [7, 11) is 3.65. The van der Waals surface area contributed by atoms with Crippen LogP contribution in [0.15, 0.2) is 42.5 Å². The summed E-state index contributed by atoms with van der Waals surface area (Å²) in [6.07, 6.45) is -1.07. The molecule has 4 rings (SSSR count). The van der Waals surface area contributed by atoms with Crippen LogP contribution in [0, 0.1) is 16.0 Å². The van der Waals surface area contributed by atoms with Crippen LogP contribution in [0.3, 0.4) is 0 Å².